The van der Waals surface area contributed by atoms with Crippen molar-refractivity contribution in [3.63, 3.8) is 0 Å². The van der Waals surface area contributed by atoms with E-state index in [0.717, 1.165) is 6.07 Å². The summed E-state index contributed by atoms with van der Waals surface area (Å²) in [4.78, 5) is 0. The molecule has 0 atom stereocenters. The zero-order chi connectivity index (χ0) is 13.9. The lowest BCUT2D eigenvalue weighted by molar-refractivity contribution is -0.138. The average Bonchev–Trinajstić information content (AvgIpc) is 2.34. The summed E-state index contributed by atoms with van der Waals surface area (Å²) in [6.07, 6.45) is -4.30. The van der Waals surface area contributed by atoms with Crippen LogP contribution in [0, 0.1) is 0 Å². The standard InChI is InChI=1S/C9H9F3O.2C2H6/c1-13-6-7-4-2-3-5-8(7)9(10,11)12;2*1-2/h2-5H,6H2,1H3;2*1-2H3. The highest BCUT2D eigenvalue weighted by molar-refractivity contribution is 5.28. The Morgan fingerprint density at radius 2 is 1.47 bits per heavy atom. The van der Waals surface area contributed by atoms with Gasteiger partial charge >= 0.3 is 6.18 Å². The van der Waals surface area contributed by atoms with Gasteiger partial charge in [0.1, 0.15) is 0 Å². The largest absolute Gasteiger partial charge is 0.416 e. The molecule has 0 saturated carbocycles. The van der Waals surface area contributed by atoms with Gasteiger partial charge in [-0.3, -0.25) is 0 Å². The van der Waals surface area contributed by atoms with Crippen LogP contribution in [-0.4, -0.2) is 7.11 Å². The number of alkyl halides is 3. The van der Waals surface area contributed by atoms with Crippen LogP contribution in [0.1, 0.15) is 38.8 Å². The van der Waals surface area contributed by atoms with Crippen LogP contribution in [0.15, 0.2) is 24.3 Å². The smallest absolute Gasteiger partial charge is 0.380 e. The minimum Gasteiger partial charge on any atom is -0.380 e. The van der Waals surface area contributed by atoms with Gasteiger partial charge in [0.25, 0.3) is 0 Å². The minimum absolute atomic E-state index is 0.0182. The molecule has 0 aliphatic rings. The van der Waals surface area contributed by atoms with Crippen molar-refractivity contribution in [3.8, 4) is 0 Å². The average molecular weight is 250 g/mol. The van der Waals surface area contributed by atoms with Gasteiger partial charge in [0, 0.05) is 7.11 Å². The number of halogens is 3. The second-order valence-corrected chi connectivity index (χ2v) is 2.59. The Balaban J connectivity index is 0. The van der Waals surface area contributed by atoms with Crippen LogP contribution in [0.25, 0.3) is 0 Å². The monoisotopic (exact) mass is 250 g/mol. The van der Waals surface area contributed by atoms with Crippen molar-refractivity contribution in [2.45, 2.75) is 40.5 Å². The third kappa shape index (κ3) is 7.00. The fraction of sp³-hybridized carbons (Fsp3) is 0.538. The molecule has 1 nitrogen and oxygen atoms in total. The van der Waals surface area contributed by atoms with Crippen molar-refractivity contribution in [2.75, 3.05) is 7.11 Å². The molecule has 17 heavy (non-hydrogen) atoms. The topological polar surface area (TPSA) is 9.23 Å². The third-order valence-electron chi connectivity index (χ3n) is 1.62. The van der Waals surface area contributed by atoms with Crippen LogP contribution in [-0.2, 0) is 17.5 Å². The van der Waals surface area contributed by atoms with Gasteiger partial charge in [-0.2, -0.15) is 13.2 Å². The van der Waals surface area contributed by atoms with Crippen molar-refractivity contribution in [1.29, 1.82) is 0 Å². The molecule has 1 rings (SSSR count). The fourth-order valence-electron chi connectivity index (χ4n) is 1.08. The van der Waals surface area contributed by atoms with Gasteiger partial charge in [0.15, 0.2) is 0 Å². The lowest BCUT2D eigenvalue weighted by Gasteiger charge is -2.11. The van der Waals surface area contributed by atoms with E-state index in [1.165, 1.54) is 19.2 Å². The van der Waals surface area contributed by atoms with E-state index in [2.05, 4.69) is 4.74 Å². The lowest BCUT2D eigenvalue weighted by atomic mass is 10.1. The van der Waals surface area contributed by atoms with Crippen molar-refractivity contribution in [3.05, 3.63) is 35.4 Å². The van der Waals surface area contributed by atoms with Gasteiger partial charge < -0.3 is 4.74 Å². The molecule has 0 unspecified atom stereocenters. The molecule has 0 saturated heterocycles. The molecule has 0 bridgehead atoms. The predicted octanol–water partition coefficient (Wildman–Crippen LogP) is 4.90. The van der Waals surface area contributed by atoms with Gasteiger partial charge in [0.05, 0.1) is 12.2 Å². The van der Waals surface area contributed by atoms with E-state index in [1.807, 2.05) is 27.7 Å². The summed E-state index contributed by atoms with van der Waals surface area (Å²) < 4.78 is 41.6. The Hall–Kier alpha value is -1.03. The molecule has 1 aromatic carbocycles. The number of methoxy groups -OCH3 is 1. The second-order valence-electron chi connectivity index (χ2n) is 2.59. The summed E-state index contributed by atoms with van der Waals surface area (Å²) in [5, 5.41) is 0. The van der Waals surface area contributed by atoms with Crippen molar-refractivity contribution in [1.82, 2.24) is 0 Å². The van der Waals surface area contributed by atoms with E-state index in [4.69, 9.17) is 0 Å². The molecular weight excluding hydrogens is 229 g/mol. The van der Waals surface area contributed by atoms with Crippen LogP contribution in [0.5, 0.6) is 0 Å². The molecule has 1 aromatic rings. The fourth-order valence-corrected chi connectivity index (χ4v) is 1.08. The number of hydrogen-bond acceptors (Lipinski definition) is 1. The Morgan fingerprint density at radius 1 is 1.00 bits per heavy atom. The molecule has 0 aromatic heterocycles. The van der Waals surface area contributed by atoms with Gasteiger partial charge in [-0.25, -0.2) is 0 Å². The predicted molar refractivity (Wildman–Crippen MR) is 64.9 cm³/mol. The zero-order valence-corrected chi connectivity index (χ0v) is 11.1. The van der Waals surface area contributed by atoms with E-state index in [1.54, 1.807) is 6.07 Å². The van der Waals surface area contributed by atoms with Crippen LogP contribution in [0.3, 0.4) is 0 Å². The lowest BCUT2D eigenvalue weighted by Crippen LogP contribution is -2.09. The summed E-state index contributed by atoms with van der Waals surface area (Å²) in [6, 6.07) is 5.38. The summed E-state index contributed by atoms with van der Waals surface area (Å²) in [5.74, 6) is 0. The third-order valence-corrected chi connectivity index (χ3v) is 1.62. The maximum Gasteiger partial charge on any atom is 0.416 e. The quantitative estimate of drug-likeness (QED) is 0.725. The molecule has 0 aliphatic heterocycles. The summed E-state index contributed by atoms with van der Waals surface area (Å²) in [6.45, 7) is 7.98. The highest BCUT2D eigenvalue weighted by Crippen LogP contribution is 2.31. The first-order valence-electron chi connectivity index (χ1n) is 5.69. The minimum atomic E-state index is -4.30. The van der Waals surface area contributed by atoms with Gasteiger partial charge in [-0.05, 0) is 11.6 Å². The normalized spacial score (nSPS) is 9.65. The molecule has 100 valence electrons. The van der Waals surface area contributed by atoms with Crippen molar-refractivity contribution >= 4 is 0 Å². The van der Waals surface area contributed by atoms with Crippen molar-refractivity contribution in [2.24, 2.45) is 0 Å². The van der Waals surface area contributed by atoms with Gasteiger partial charge in [-0.15, -0.1) is 0 Å². The number of benzene rings is 1. The summed E-state index contributed by atoms with van der Waals surface area (Å²) in [5.41, 5.74) is -0.464. The number of ether oxygens (including phenoxy) is 1. The summed E-state index contributed by atoms with van der Waals surface area (Å²) in [7, 11) is 1.37. The molecule has 0 spiro atoms. The van der Waals surface area contributed by atoms with Gasteiger partial charge in [-0.1, -0.05) is 45.9 Å². The SMILES string of the molecule is CC.CC.COCc1ccccc1C(F)(F)F. The maximum atomic E-state index is 12.3. The first-order chi connectivity index (χ1) is 8.05. The molecule has 4 heteroatoms. The van der Waals surface area contributed by atoms with E-state index in [-0.39, 0.29) is 12.2 Å². The first-order valence-corrected chi connectivity index (χ1v) is 5.69. The molecular formula is C13H21F3O. The molecule has 0 radical (unpaired) electrons. The van der Waals surface area contributed by atoms with Gasteiger partial charge in [0.2, 0.25) is 0 Å². The molecule has 0 aliphatic carbocycles. The van der Waals surface area contributed by atoms with Crippen molar-refractivity contribution < 1.29 is 17.9 Å². The number of rotatable bonds is 2. The molecule has 0 N–H and O–H groups in total. The number of hydrogen-bond donors (Lipinski definition) is 0. The Kier molecular flexibility index (Phi) is 10.9. The van der Waals surface area contributed by atoms with E-state index < -0.39 is 11.7 Å². The molecule has 0 heterocycles. The molecule has 0 fully saturated rings. The highest BCUT2D eigenvalue weighted by Gasteiger charge is 2.32. The Labute approximate surface area is 102 Å². The van der Waals surface area contributed by atoms with Crippen LogP contribution in [0.2, 0.25) is 0 Å². The van der Waals surface area contributed by atoms with E-state index in [0.29, 0.717) is 0 Å². The Morgan fingerprint density at radius 3 is 1.88 bits per heavy atom. The van der Waals surface area contributed by atoms with Crippen LogP contribution < -0.4 is 0 Å². The maximum absolute atomic E-state index is 12.3. The summed E-state index contributed by atoms with van der Waals surface area (Å²) >= 11 is 0. The zero-order valence-electron chi connectivity index (χ0n) is 11.1. The van der Waals surface area contributed by atoms with E-state index >= 15 is 0 Å². The van der Waals surface area contributed by atoms with Crippen LogP contribution >= 0.6 is 0 Å². The highest BCUT2D eigenvalue weighted by atomic mass is 19.4. The van der Waals surface area contributed by atoms with E-state index in [9.17, 15) is 13.2 Å². The van der Waals surface area contributed by atoms with Crippen LogP contribution in [0.4, 0.5) is 13.2 Å². The Bertz CT molecular complexity index is 282. The first kappa shape index (κ1) is 18.3. The second kappa shape index (κ2) is 10.1. The molecule has 0 amide bonds.